The van der Waals surface area contributed by atoms with Crippen LogP contribution in [-0.4, -0.2) is 44.3 Å². The van der Waals surface area contributed by atoms with Crippen molar-refractivity contribution in [3.05, 3.63) is 29.8 Å². The van der Waals surface area contributed by atoms with E-state index in [1.807, 2.05) is 0 Å². The third kappa shape index (κ3) is 4.70. The number of amides is 1. The van der Waals surface area contributed by atoms with Crippen molar-refractivity contribution >= 4 is 15.9 Å². The van der Waals surface area contributed by atoms with Gasteiger partial charge in [0.25, 0.3) is 5.91 Å². The van der Waals surface area contributed by atoms with Gasteiger partial charge in [-0.15, -0.1) is 0 Å². The molecule has 1 aliphatic heterocycles. The van der Waals surface area contributed by atoms with E-state index in [-0.39, 0.29) is 22.4 Å². The van der Waals surface area contributed by atoms with Gasteiger partial charge in [-0.1, -0.05) is 37.8 Å². The molecule has 0 bridgehead atoms. The van der Waals surface area contributed by atoms with Crippen LogP contribution in [0.15, 0.2) is 29.2 Å². The summed E-state index contributed by atoms with van der Waals surface area (Å²) in [5.74, 6) is 0.0331. The number of hydrogen-bond acceptors (Lipinski definition) is 4. The van der Waals surface area contributed by atoms with Crippen molar-refractivity contribution in [3.63, 3.8) is 0 Å². The van der Waals surface area contributed by atoms with Gasteiger partial charge in [-0.3, -0.25) is 4.79 Å². The van der Waals surface area contributed by atoms with E-state index in [1.54, 1.807) is 18.2 Å². The van der Waals surface area contributed by atoms with E-state index < -0.39 is 10.0 Å². The third-order valence-corrected chi connectivity index (χ3v) is 7.81. The molecule has 0 radical (unpaired) electrons. The fourth-order valence-electron chi connectivity index (χ4n) is 4.28. The summed E-state index contributed by atoms with van der Waals surface area (Å²) in [6.45, 7) is 1.41. The number of hydrogen-bond donors (Lipinski definition) is 2. The molecule has 2 aliphatic rings. The van der Waals surface area contributed by atoms with Crippen LogP contribution in [0.1, 0.15) is 61.7 Å². The summed E-state index contributed by atoms with van der Waals surface area (Å²) >= 11 is 0. The molecule has 3 N–H and O–H groups in total. The number of nitrogens with one attached hydrogen (secondary N) is 1. The van der Waals surface area contributed by atoms with Crippen molar-refractivity contribution in [2.24, 2.45) is 11.7 Å². The molecule has 1 saturated heterocycles. The molecule has 1 saturated carbocycles. The number of carbonyl (C=O) groups excluding carboxylic acids is 1. The summed E-state index contributed by atoms with van der Waals surface area (Å²) in [5, 5.41) is 3.02. The maximum Gasteiger partial charge on any atom is 0.252 e. The van der Waals surface area contributed by atoms with Crippen LogP contribution in [0.25, 0.3) is 0 Å². The first-order valence-corrected chi connectivity index (χ1v) is 11.6. The van der Waals surface area contributed by atoms with E-state index in [2.05, 4.69) is 5.32 Å². The molecular weight excluding hydrogens is 362 g/mol. The Labute approximate surface area is 162 Å². The first-order chi connectivity index (χ1) is 13.0. The summed E-state index contributed by atoms with van der Waals surface area (Å²) < 4.78 is 27.7. The second-order valence-corrected chi connectivity index (χ2v) is 9.58. The van der Waals surface area contributed by atoms with Crippen molar-refractivity contribution in [1.82, 2.24) is 9.62 Å². The van der Waals surface area contributed by atoms with Gasteiger partial charge in [0.05, 0.1) is 10.5 Å². The van der Waals surface area contributed by atoms with Crippen molar-refractivity contribution in [3.8, 4) is 0 Å². The molecule has 1 unspecified atom stereocenters. The van der Waals surface area contributed by atoms with Gasteiger partial charge in [-0.25, -0.2) is 8.42 Å². The average Bonchev–Trinajstić information content (AvgIpc) is 2.73. The topological polar surface area (TPSA) is 92.5 Å². The standard InChI is InChI=1S/C20H31N3O3S/c21-15-18(16-9-3-1-4-10-16)22-20(24)17-11-5-6-12-19(17)27(25,26)23-13-7-2-8-14-23/h5-6,11-12,16,18H,1-4,7-10,13-15,21H2,(H,22,24). The number of carbonyl (C=O) groups is 1. The molecule has 1 aromatic carbocycles. The van der Waals surface area contributed by atoms with Gasteiger partial charge < -0.3 is 11.1 Å². The number of rotatable bonds is 6. The van der Waals surface area contributed by atoms with Crippen LogP contribution in [0.3, 0.4) is 0 Å². The SMILES string of the molecule is NCC(NC(=O)c1ccccc1S(=O)(=O)N1CCCCC1)C1CCCCC1. The fourth-order valence-corrected chi connectivity index (χ4v) is 5.98. The quantitative estimate of drug-likeness (QED) is 0.777. The summed E-state index contributed by atoms with van der Waals surface area (Å²) in [7, 11) is -3.66. The molecule has 1 heterocycles. The molecule has 150 valence electrons. The van der Waals surface area contributed by atoms with Crippen LogP contribution in [0.2, 0.25) is 0 Å². The molecule has 27 heavy (non-hydrogen) atoms. The Kier molecular flexibility index (Phi) is 6.89. The predicted molar refractivity (Wildman–Crippen MR) is 106 cm³/mol. The molecule has 6 nitrogen and oxygen atoms in total. The summed E-state index contributed by atoms with van der Waals surface area (Å²) in [6, 6.07) is 6.41. The molecule has 1 aliphatic carbocycles. The van der Waals surface area contributed by atoms with Crippen LogP contribution in [0, 0.1) is 5.92 Å². The van der Waals surface area contributed by atoms with Gasteiger partial charge in [0.2, 0.25) is 10.0 Å². The number of sulfonamides is 1. The molecule has 1 atom stereocenters. The highest BCUT2D eigenvalue weighted by Crippen LogP contribution is 2.27. The molecule has 0 spiro atoms. The van der Waals surface area contributed by atoms with E-state index in [0.29, 0.717) is 25.6 Å². The van der Waals surface area contributed by atoms with E-state index in [9.17, 15) is 13.2 Å². The van der Waals surface area contributed by atoms with Gasteiger partial charge >= 0.3 is 0 Å². The lowest BCUT2D eigenvalue weighted by Crippen LogP contribution is -2.46. The maximum absolute atomic E-state index is 13.1. The molecule has 2 fully saturated rings. The van der Waals surface area contributed by atoms with Crippen LogP contribution < -0.4 is 11.1 Å². The van der Waals surface area contributed by atoms with Crippen LogP contribution >= 0.6 is 0 Å². The van der Waals surface area contributed by atoms with Crippen molar-refractivity contribution in [2.45, 2.75) is 62.3 Å². The van der Waals surface area contributed by atoms with E-state index >= 15 is 0 Å². The second kappa shape index (κ2) is 9.17. The first kappa shape index (κ1) is 20.3. The highest BCUT2D eigenvalue weighted by atomic mass is 32.2. The van der Waals surface area contributed by atoms with Crippen LogP contribution in [-0.2, 0) is 10.0 Å². The normalized spacial score (nSPS) is 20.9. The zero-order valence-corrected chi connectivity index (χ0v) is 16.7. The Morgan fingerprint density at radius 2 is 1.70 bits per heavy atom. The monoisotopic (exact) mass is 393 g/mol. The largest absolute Gasteiger partial charge is 0.348 e. The Hall–Kier alpha value is -1.44. The zero-order chi connectivity index (χ0) is 19.3. The van der Waals surface area contributed by atoms with Gasteiger partial charge in [0, 0.05) is 25.7 Å². The lowest BCUT2D eigenvalue weighted by Gasteiger charge is -2.30. The predicted octanol–water partition coefficient (Wildman–Crippen LogP) is 2.50. The summed E-state index contributed by atoms with van der Waals surface area (Å²) in [5.41, 5.74) is 6.15. The fraction of sp³-hybridized carbons (Fsp3) is 0.650. The first-order valence-electron chi connectivity index (χ1n) is 10.1. The molecule has 0 aromatic heterocycles. The highest BCUT2D eigenvalue weighted by Gasteiger charge is 2.31. The maximum atomic E-state index is 13.1. The minimum Gasteiger partial charge on any atom is -0.348 e. The van der Waals surface area contributed by atoms with Crippen molar-refractivity contribution in [2.75, 3.05) is 19.6 Å². The van der Waals surface area contributed by atoms with Gasteiger partial charge in [-0.05, 0) is 43.7 Å². The third-order valence-electron chi connectivity index (χ3n) is 5.85. The lowest BCUT2D eigenvalue weighted by molar-refractivity contribution is 0.0912. The average molecular weight is 394 g/mol. The van der Waals surface area contributed by atoms with E-state index in [4.69, 9.17) is 5.73 Å². The number of benzene rings is 1. The van der Waals surface area contributed by atoms with Crippen LogP contribution in [0.4, 0.5) is 0 Å². The molecule has 3 rings (SSSR count). The second-order valence-electron chi connectivity index (χ2n) is 7.67. The smallest absolute Gasteiger partial charge is 0.252 e. The Morgan fingerprint density at radius 3 is 2.37 bits per heavy atom. The molecule has 7 heteroatoms. The van der Waals surface area contributed by atoms with Gasteiger partial charge in [-0.2, -0.15) is 4.31 Å². The molecule has 1 amide bonds. The van der Waals surface area contributed by atoms with Crippen molar-refractivity contribution in [1.29, 1.82) is 0 Å². The molecule has 1 aromatic rings. The Balaban J connectivity index is 1.81. The van der Waals surface area contributed by atoms with Crippen molar-refractivity contribution < 1.29 is 13.2 Å². The number of nitrogens with zero attached hydrogens (tertiary/aromatic N) is 1. The van der Waals surface area contributed by atoms with Gasteiger partial charge in [0.1, 0.15) is 0 Å². The Morgan fingerprint density at radius 1 is 1.07 bits per heavy atom. The van der Waals surface area contributed by atoms with E-state index in [0.717, 1.165) is 44.9 Å². The Bertz CT molecular complexity index is 739. The summed E-state index contributed by atoms with van der Waals surface area (Å²) in [4.78, 5) is 13.1. The van der Waals surface area contributed by atoms with Gasteiger partial charge in [0.15, 0.2) is 0 Å². The highest BCUT2D eigenvalue weighted by molar-refractivity contribution is 7.89. The van der Waals surface area contributed by atoms with E-state index in [1.165, 1.54) is 16.8 Å². The number of nitrogens with two attached hydrogens (primary N) is 1. The summed E-state index contributed by atoms with van der Waals surface area (Å²) in [6.07, 6.45) is 8.47. The minimum absolute atomic E-state index is 0.101. The minimum atomic E-state index is -3.66. The number of piperidine rings is 1. The zero-order valence-electron chi connectivity index (χ0n) is 15.9. The van der Waals surface area contributed by atoms with Crippen LogP contribution in [0.5, 0.6) is 0 Å². The lowest BCUT2D eigenvalue weighted by atomic mass is 9.84. The molecular formula is C20H31N3O3S.